The fourth-order valence-corrected chi connectivity index (χ4v) is 3.43. The molecule has 0 saturated heterocycles. The summed E-state index contributed by atoms with van der Waals surface area (Å²) in [4.78, 5) is 8.82. The third kappa shape index (κ3) is 4.57. The number of pyridine rings is 1. The number of anilines is 1. The highest BCUT2D eigenvalue weighted by molar-refractivity contribution is 14.1. The van der Waals surface area contributed by atoms with Gasteiger partial charge >= 0.3 is 6.18 Å². The highest BCUT2D eigenvalue weighted by Gasteiger charge is 2.35. The van der Waals surface area contributed by atoms with Gasteiger partial charge in [-0.3, -0.25) is 0 Å². The molecule has 0 aliphatic heterocycles. The van der Waals surface area contributed by atoms with Crippen LogP contribution in [0.15, 0.2) is 36.7 Å². The molecule has 4 nitrogen and oxygen atoms in total. The van der Waals surface area contributed by atoms with Gasteiger partial charge in [-0.1, -0.05) is 24.3 Å². The van der Waals surface area contributed by atoms with Gasteiger partial charge in [0.25, 0.3) is 0 Å². The number of nitrogens with zero attached hydrogens (tertiary/aromatic N) is 4. The molecular formula is C20H18F5IN4. The second-order valence-corrected chi connectivity index (χ2v) is 8.08. The maximum absolute atomic E-state index is 14.3. The lowest BCUT2D eigenvalue weighted by atomic mass is 10.1. The molecule has 0 aliphatic carbocycles. The monoisotopic (exact) mass is 536 g/mol. The highest BCUT2D eigenvalue weighted by atomic mass is 127. The molecule has 0 atom stereocenters. The molecule has 1 aromatic carbocycles. The van der Waals surface area contributed by atoms with E-state index in [4.69, 9.17) is 0 Å². The van der Waals surface area contributed by atoms with Gasteiger partial charge in [-0.2, -0.15) is 13.2 Å². The van der Waals surface area contributed by atoms with E-state index >= 15 is 0 Å². The predicted molar refractivity (Wildman–Crippen MR) is 112 cm³/mol. The number of alkyl halides is 3. The van der Waals surface area contributed by atoms with Gasteiger partial charge in [0.1, 0.15) is 15.2 Å². The minimum Gasteiger partial charge on any atom is -0.365 e. The first-order valence-corrected chi connectivity index (χ1v) is 10.0. The molecule has 0 fully saturated rings. The lowest BCUT2D eigenvalue weighted by molar-refractivity contribution is -0.140. The number of aromatic nitrogens is 3. The number of hydrogen-bond acceptors (Lipinski definition) is 3. The molecule has 0 N–H and O–H groups in total. The zero-order chi connectivity index (χ0) is 22.2. The summed E-state index contributed by atoms with van der Waals surface area (Å²) in [5.74, 6) is -1.31. The quantitative estimate of drug-likeness (QED) is 0.226. The first-order valence-electron chi connectivity index (χ1n) is 8.95. The van der Waals surface area contributed by atoms with E-state index in [1.807, 2.05) is 0 Å². The molecule has 0 spiro atoms. The molecule has 160 valence electrons. The standard InChI is InChI=1S/C20H18F5IN4/c1-11(2)30-10-15(20(23,24)25)28-19(30)13-6-4-12(5-7-13)9-29(3)17-14(21)8-27-18(26)16(17)22/h4-8,10-11H,9H2,1-3H3. The van der Waals surface area contributed by atoms with Crippen LogP contribution in [-0.4, -0.2) is 21.6 Å². The molecule has 0 unspecified atom stereocenters. The van der Waals surface area contributed by atoms with Crippen molar-refractivity contribution in [3.05, 3.63) is 63.3 Å². The summed E-state index contributed by atoms with van der Waals surface area (Å²) < 4.78 is 69.1. The molecule has 0 saturated carbocycles. The van der Waals surface area contributed by atoms with E-state index in [2.05, 4.69) is 9.97 Å². The number of hydrogen-bond donors (Lipinski definition) is 0. The normalized spacial score (nSPS) is 11.9. The molecule has 3 aromatic rings. The predicted octanol–water partition coefficient (Wildman–Crippen LogP) is 6.06. The fourth-order valence-electron chi connectivity index (χ4n) is 3.03. The summed E-state index contributed by atoms with van der Waals surface area (Å²) in [5.41, 5.74) is 0.101. The Morgan fingerprint density at radius 2 is 1.77 bits per heavy atom. The largest absolute Gasteiger partial charge is 0.434 e. The average molecular weight is 536 g/mol. The summed E-state index contributed by atoms with van der Waals surface area (Å²) in [6.45, 7) is 3.74. The number of benzene rings is 1. The molecule has 10 heteroatoms. The number of rotatable bonds is 5. The molecular weight excluding hydrogens is 518 g/mol. The van der Waals surface area contributed by atoms with Crippen molar-refractivity contribution in [3.8, 4) is 11.4 Å². The third-order valence-electron chi connectivity index (χ3n) is 4.50. The Balaban J connectivity index is 1.88. The Kier molecular flexibility index (Phi) is 6.34. The SMILES string of the molecule is CC(C)n1cc(C(F)(F)F)nc1-c1ccc(CN(C)c2c(F)cnc(I)c2F)cc1. The Labute approximate surface area is 183 Å². The second kappa shape index (κ2) is 8.48. The van der Waals surface area contributed by atoms with Crippen LogP contribution in [0, 0.1) is 15.3 Å². The van der Waals surface area contributed by atoms with Crippen molar-refractivity contribution in [1.29, 1.82) is 0 Å². The minimum atomic E-state index is -4.53. The summed E-state index contributed by atoms with van der Waals surface area (Å²) in [7, 11) is 1.55. The van der Waals surface area contributed by atoms with E-state index < -0.39 is 23.5 Å². The van der Waals surface area contributed by atoms with E-state index in [9.17, 15) is 22.0 Å². The van der Waals surface area contributed by atoms with Gasteiger partial charge in [0.05, 0.1) is 6.20 Å². The van der Waals surface area contributed by atoms with Gasteiger partial charge in [0, 0.05) is 31.4 Å². The van der Waals surface area contributed by atoms with Gasteiger partial charge in [-0.15, -0.1) is 0 Å². The summed E-state index contributed by atoms with van der Waals surface area (Å²) in [6, 6.07) is 6.47. The van der Waals surface area contributed by atoms with Crippen molar-refractivity contribution < 1.29 is 22.0 Å². The molecule has 2 aromatic heterocycles. The van der Waals surface area contributed by atoms with Crippen molar-refractivity contribution in [2.75, 3.05) is 11.9 Å². The topological polar surface area (TPSA) is 34.0 Å². The van der Waals surface area contributed by atoms with Crippen LogP contribution in [0.3, 0.4) is 0 Å². The van der Waals surface area contributed by atoms with Crippen LogP contribution < -0.4 is 4.90 Å². The van der Waals surface area contributed by atoms with Crippen molar-refractivity contribution in [2.45, 2.75) is 32.6 Å². The van der Waals surface area contributed by atoms with Gasteiger partial charge in [-0.25, -0.2) is 18.7 Å². The Morgan fingerprint density at radius 1 is 1.13 bits per heavy atom. The van der Waals surface area contributed by atoms with Crippen molar-refractivity contribution >= 4 is 28.3 Å². The summed E-state index contributed by atoms with van der Waals surface area (Å²) >= 11 is 1.69. The van der Waals surface area contributed by atoms with E-state index in [0.717, 1.165) is 18.0 Å². The smallest absolute Gasteiger partial charge is 0.365 e. The Hall–Kier alpha value is -2.24. The van der Waals surface area contributed by atoms with Gasteiger partial charge < -0.3 is 9.47 Å². The fraction of sp³-hybridized carbons (Fsp3) is 0.300. The maximum atomic E-state index is 14.3. The number of halogens is 6. The Bertz CT molecular complexity index is 1040. The van der Waals surface area contributed by atoms with Gasteiger partial charge in [0.2, 0.25) is 0 Å². The van der Waals surface area contributed by atoms with Crippen LogP contribution >= 0.6 is 22.6 Å². The van der Waals surface area contributed by atoms with E-state index in [1.54, 1.807) is 67.8 Å². The molecule has 30 heavy (non-hydrogen) atoms. The Morgan fingerprint density at radius 3 is 2.33 bits per heavy atom. The third-order valence-corrected chi connectivity index (χ3v) is 5.25. The number of imidazole rings is 1. The highest BCUT2D eigenvalue weighted by Crippen LogP contribution is 2.33. The molecule has 0 amide bonds. The first-order chi connectivity index (χ1) is 14.0. The molecule has 3 rings (SSSR count). The van der Waals surface area contributed by atoms with Gasteiger partial charge in [0.15, 0.2) is 17.3 Å². The lowest BCUT2D eigenvalue weighted by Gasteiger charge is -2.21. The van der Waals surface area contributed by atoms with Crippen LogP contribution in [0.2, 0.25) is 0 Å². The van der Waals surface area contributed by atoms with Gasteiger partial charge in [-0.05, 0) is 42.0 Å². The second-order valence-electron chi connectivity index (χ2n) is 7.06. The van der Waals surface area contributed by atoms with Crippen LogP contribution in [0.1, 0.15) is 31.1 Å². The van der Waals surface area contributed by atoms with Crippen molar-refractivity contribution in [2.24, 2.45) is 0 Å². The van der Waals surface area contributed by atoms with E-state index in [1.165, 1.54) is 9.47 Å². The summed E-state index contributed by atoms with van der Waals surface area (Å²) in [6.07, 6.45) is -2.57. The van der Waals surface area contributed by atoms with E-state index in [0.29, 0.717) is 5.56 Å². The minimum absolute atomic E-state index is 0.0622. The molecule has 0 aliphatic rings. The molecule has 0 bridgehead atoms. The van der Waals surface area contributed by atoms with Crippen molar-refractivity contribution in [1.82, 2.24) is 14.5 Å². The van der Waals surface area contributed by atoms with Crippen molar-refractivity contribution in [3.63, 3.8) is 0 Å². The molecule has 0 radical (unpaired) electrons. The van der Waals surface area contributed by atoms with Crippen LogP contribution in [-0.2, 0) is 12.7 Å². The zero-order valence-corrected chi connectivity index (χ0v) is 18.5. The zero-order valence-electron chi connectivity index (χ0n) is 16.3. The van der Waals surface area contributed by atoms with Crippen LogP contribution in [0.5, 0.6) is 0 Å². The van der Waals surface area contributed by atoms with Crippen LogP contribution in [0.25, 0.3) is 11.4 Å². The lowest BCUT2D eigenvalue weighted by Crippen LogP contribution is -2.20. The van der Waals surface area contributed by atoms with Crippen LogP contribution in [0.4, 0.5) is 27.6 Å². The first kappa shape index (κ1) is 22.4. The average Bonchev–Trinajstić information content (AvgIpc) is 3.12. The molecule has 2 heterocycles. The maximum Gasteiger partial charge on any atom is 0.434 e. The summed E-state index contributed by atoms with van der Waals surface area (Å²) in [5, 5.41) is 0. The van der Waals surface area contributed by atoms with E-state index in [-0.39, 0.29) is 27.8 Å².